The molecule has 8 heteroatoms. The Morgan fingerprint density at radius 2 is 1.90 bits per heavy atom. The number of aliphatic hydroxyl groups is 1. The Hall–Kier alpha value is -3.10. The van der Waals surface area contributed by atoms with Crippen molar-refractivity contribution in [2.75, 3.05) is 39.2 Å². The first-order valence-corrected chi connectivity index (χ1v) is 14.6. The second-order valence-electron chi connectivity index (χ2n) is 11.6. The molecule has 0 spiro atoms. The predicted molar refractivity (Wildman–Crippen MR) is 157 cm³/mol. The van der Waals surface area contributed by atoms with Crippen molar-refractivity contribution in [3.05, 3.63) is 53.6 Å². The lowest BCUT2D eigenvalue weighted by molar-refractivity contribution is -0.134. The highest BCUT2D eigenvalue weighted by Crippen LogP contribution is 2.31. The zero-order valence-corrected chi connectivity index (χ0v) is 24.4. The van der Waals surface area contributed by atoms with Gasteiger partial charge in [-0.15, -0.1) is 0 Å². The van der Waals surface area contributed by atoms with Gasteiger partial charge in [-0.05, 0) is 62.7 Å². The number of anilines is 1. The fourth-order valence-corrected chi connectivity index (χ4v) is 5.75. The number of hydrogen-bond acceptors (Lipinski definition) is 6. The molecule has 8 nitrogen and oxygen atoms in total. The molecule has 0 radical (unpaired) electrons. The molecule has 218 valence electrons. The number of nitrogens with zero attached hydrogens (tertiary/aromatic N) is 2. The Bertz CT molecular complexity index is 1130. The second kappa shape index (κ2) is 14.0. The van der Waals surface area contributed by atoms with Crippen LogP contribution in [0.1, 0.15) is 57.1 Å². The van der Waals surface area contributed by atoms with Crippen LogP contribution in [0, 0.1) is 11.8 Å². The van der Waals surface area contributed by atoms with E-state index in [4.69, 9.17) is 9.47 Å². The van der Waals surface area contributed by atoms with Crippen LogP contribution in [0.2, 0.25) is 0 Å². The fraction of sp³-hybridized carbons (Fsp3) is 0.562. The van der Waals surface area contributed by atoms with Crippen LogP contribution in [-0.2, 0) is 22.6 Å². The van der Waals surface area contributed by atoms with Crippen molar-refractivity contribution in [3.63, 3.8) is 0 Å². The van der Waals surface area contributed by atoms with Gasteiger partial charge in [-0.3, -0.25) is 14.5 Å². The molecule has 2 amide bonds. The summed E-state index contributed by atoms with van der Waals surface area (Å²) in [5, 5.41) is 13.0. The Kier molecular flexibility index (Phi) is 10.5. The molecule has 3 atom stereocenters. The van der Waals surface area contributed by atoms with E-state index in [0.29, 0.717) is 24.5 Å². The summed E-state index contributed by atoms with van der Waals surface area (Å²) >= 11 is 0. The molecular formula is C32H45N3O5. The Labute approximate surface area is 238 Å². The van der Waals surface area contributed by atoms with Gasteiger partial charge in [-0.2, -0.15) is 0 Å². The lowest BCUT2D eigenvalue weighted by Crippen LogP contribution is -2.47. The van der Waals surface area contributed by atoms with Gasteiger partial charge in [-0.25, -0.2) is 0 Å². The number of likely N-dealkylation sites (N-methyl/N-ethyl adjacent to an activating group) is 1. The van der Waals surface area contributed by atoms with E-state index >= 15 is 0 Å². The largest absolute Gasteiger partial charge is 0.497 e. The number of ether oxygens (including phenoxy) is 2. The summed E-state index contributed by atoms with van der Waals surface area (Å²) < 4.78 is 11.9. The summed E-state index contributed by atoms with van der Waals surface area (Å²) in [5.41, 5.74) is 2.61. The Morgan fingerprint density at radius 3 is 2.58 bits per heavy atom. The lowest BCUT2D eigenvalue weighted by atomic mass is 9.88. The monoisotopic (exact) mass is 551 g/mol. The molecule has 1 heterocycles. The second-order valence-corrected chi connectivity index (χ2v) is 11.6. The van der Waals surface area contributed by atoms with Crippen LogP contribution in [0.15, 0.2) is 42.5 Å². The van der Waals surface area contributed by atoms with E-state index in [2.05, 4.69) is 36.3 Å². The number of hydrogen-bond donors (Lipinski definition) is 2. The maximum atomic E-state index is 13.5. The van der Waals surface area contributed by atoms with E-state index in [0.717, 1.165) is 43.5 Å². The van der Waals surface area contributed by atoms with Crippen molar-refractivity contribution in [3.8, 4) is 11.5 Å². The van der Waals surface area contributed by atoms with Gasteiger partial charge in [0.25, 0.3) is 0 Å². The summed E-state index contributed by atoms with van der Waals surface area (Å²) in [5.74, 6) is 1.56. The minimum Gasteiger partial charge on any atom is -0.497 e. The Morgan fingerprint density at radius 1 is 1.18 bits per heavy atom. The topological polar surface area (TPSA) is 91.3 Å². The van der Waals surface area contributed by atoms with Crippen molar-refractivity contribution in [1.29, 1.82) is 0 Å². The van der Waals surface area contributed by atoms with Gasteiger partial charge in [0.05, 0.1) is 26.2 Å². The van der Waals surface area contributed by atoms with E-state index < -0.39 is 0 Å². The average molecular weight is 552 g/mol. The zero-order chi connectivity index (χ0) is 28.6. The quantitative estimate of drug-likeness (QED) is 0.477. The highest BCUT2D eigenvalue weighted by molar-refractivity contribution is 5.93. The molecule has 2 N–H and O–H groups in total. The molecule has 2 aromatic carbocycles. The van der Waals surface area contributed by atoms with Crippen LogP contribution in [0.5, 0.6) is 11.5 Å². The third-order valence-electron chi connectivity index (χ3n) is 8.26. The minimum absolute atomic E-state index is 0.0212. The number of amides is 2. The first kappa shape index (κ1) is 29.9. The summed E-state index contributed by atoms with van der Waals surface area (Å²) in [7, 11) is 3.73. The SMILES string of the molecule is COc1ccc(CN(C)C[C@@H]2Oc3ccc(NC(=O)C4CCCCC4)cc3CC(=O)N([C@H](C)CO)C[C@@H]2C)cc1. The predicted octanol–water partition coefficient (Wildman–Crippen LogP) is 4.50. The van der Waals surface area contributed by atoms with Gasteiger partial charge in [-0.1, -0.05) is 38.3 Å². The summed E-state index contributed by atoms with van der Waals surface area (Å²) in [6, 6.07) is 13.4. The number of nitrogens with one attached hydrogen (secondary N) is 1. The first-order chi connectivity index (χ1) is 19.3. The third kappa shape index (κ3) is 7.76. The summed E-state index contributed by atoms with van der Waals surface area (Å²) in [4.78, 5) is 30.4. The van der Waals surface area contributed by atoms with Crippen LogP contribution in [-0.4, -0.2) is 72.7 Å². The van der Waals surface area contributed by atoms with Gasteiger partial charge < -0.3 is 24.8 Å². The minimum atomic E-state index is -0.302. The molecule has 0 unspecified atom stereocenters. The number of fused-ring (bicyclic) bond motifs is 1. The normalized spacial score (nSPS) is 21.1. The van der Waals surface area contributed by atoms with Crippen LogP contribution in [0.25, 0.3) is 0 Å². The van der Waals surface area contributed by atoms with Crippen LogP contribution in [0.4, 0.5) is 5.69 Å². The molecule has 0 saturated heterocycles. The van der Waals surface area contributed by atoms with E-state index in [1.54, 1.807) is 12.0 Å². The maximum absolute atomic E-state index is 13.5. The molecular weight excluding hydrogens is 506 g/mol. The lowest BCUT2D eigenvalue weighted by Gasteiger charge is -2.34. The molecule has 1 aliphatic carbocycles. The summed E-state index contributed by atoms with van der Waals surface area (Å²) in [6.07, 6.45) is 5.19. The van der Waals surface area contributed by atoms with Crippen LogP contribution in [0.3, 0.4) is 0 Å². The fourth-order valence-electron chi connectivity index (χ4n) is 5.75. The number of methoxy groups -OCH3 is 1. The Balaban J connectivity index is 1.55. The number of carbonyl (C=O) groups is 2. The zero-order valence-electron chi connectivity index (χ0n) is 24.4. The number of carbonyl (C=O) groups excluding carboxylic acids is 2. The highest BCUT2D eigenvalue weighted by Gasteiger charge is 2.31. The molecule has 1 fully saturated rings. The van der Waals surface area contributed by atoms with Crippen molar-refractivity contribution in [2.24, 2.45) is 11.8 Å². The number of aliphatic hydroxyl groups excluding tert-OH is 1. The average Bonchev–Trinajstić information content (AvgIpc) is 3.01. The van der Waals surface area contributed by atoms with Gasteiger partial charge in [0, 0.05) is 42.7 Å². The first-order valence-electron chi connectivity index (χ1n) is 14.6. The number of rotatable bonds is 9. The molecule has 1 aliphatic heterocycles. The van der Waals surface area contributed by atoms with Gasteiger partial charge in [0.2, 0.25) is 11.8 Å². The third-order valence-corrected chi connectivity index (χ3v) is 8.26. The smallest absolute Gasteiger partial charge is 0.227 e. The standard InChI is InChI=1S/C32H45N3O5/c1-22-18-35(23(2)21-36)31(37)17-26-16-27(33-32(38)25-8-6-5-7-9-25)12-15-29(26)40-30(22)20-34(3)19-24-10-13-28(39-4)14-11-24/h10-16,22-23,25,30,36H,5-9,17-21H2,1-4H3,(H,33,38)/t22-,23+,30-/m0/s1. The molecule has 2 aromatic rings. The van der Waals surface area contributed by atoms with E-state index in [1.807, 2.05) is 37.3 Å². The van der Waals surface area contributed by atoms with Gasteiger partial charge in [0.1, 0.15) is 17.6 Å². The van der Waals surface area contributed by atoms with E-state index in [9.17, 15) is 14.7 Å². The van der Waals surface area contributed by atoms with Gasteiger partial charge in [0.15, 0.2) is 0 Å². The molecule has 2 aliphatic rings. The van der Waals surface area contributed by atoms with E-state index in [-0.39, 0.29) is 48.8 Å². The van der Waals surface area contributed by atoms with Crippen molar-refractivity contribution < 1.29 is 24.2 Å². The van der Waals surface area contributed by atoms with Crippen LogP contribution >= 0.6 is 0 Å². The van der Waals surface area contributed by atoms with Crippen molar-refractivity contribution in [1.82, 2.24) is 9.80 Å². The molecule has 0 bridgehead atoms. The van der Waals surface area contributed by atoms with Crippen LogP contribution < -0.4 is 14.8 Å². The summed E-state index contributed by atoms with van der Waals surface area (Å²) in [6.45, 7) is 5.75. The molecule has 40 heavy (non-hydrogen) atoms. The van der Waals surface area contributed by atoms with Crippen molar-refractivity contribution >= 4 is 17.5 Å². The highest BCUT2D eigenvalue weighted by atomic mass is 16.5. The van der Waals surface area contributed by atoms with Crippen molar-refractivity contribution in [2.45, 2.75) is 71.1 Å². The molecule has 4 rings (SSSR count). The van der Waals surface area contributed by atoms with E-state index in [1.165, 1.54) is 12.0 Å². The molecule has 0 aromatic heterocycles. The van der Waals surface area contributed by atoms with Gasteiger partial charge >= 0.3 is 0 Å². The molecule has 1 saturated carbocycles. The maximum Gasteiger partial charge on any atom is 0.227 e. The number of benzene rings is 2.